The first-order valence-corrected chi connectivity index (χ1v) is 5.52. The Balaban J connectivity index is 3.36. The third-order valence-corrected chi connectivity index (χ3v) is 3.07. The minimum atomic E-state index is -2.28. The highest BCUT2D eigenvalue weighted by Crippen LogP contribution is 2.27. The van der Waals surface area contributed by atoms with Crippen LogP contribution in [0.25, 0.3) is 0 Å². The van der Waals surface area contributed by atoms with Crippen molar-refractivity contribution in [1.82, 2.24) is 0 Å². The molecular formula is C8H6Cl2O4S. The van der Waals surface area contributed by atoms with Gasteiger partial charge in [0.15, 0.2) is 11.1 Å². The Hall–Kier alpha value is -0.620. The molecule has 1 rings (SSSR count). The Morgan fingerprint density at radius 3 is 2.47 bits per heavy atom. The molecule has 0 aliphatic carbocycles. The molecule has 0 radical (unpaired) electrons. The van der Waals surface area contributed by atoms with Crippen molar-refractivity contribution in [3.05, 3.63) is 27.7 Å². The summed E-state index contributed by atoms with van der Waals surface area (Å²) in [5.41, 5.74) is 0.000895. The van der Waals surface area contributed by atoms with Gasteiger partial charge in [0, 0.05) is 0 Å². The first-order valence-electron chi connectivity index (χ1n) is 3.65. The van der Waals surface area contributed by atoms with Crippen molar-refractivity contribution in [2.75, 3.05) is 7.11 Å². The monoisotopic (exact) mass is 268 g/mol. The molecule has 0 aromatic heterocycles. The lowest BCUT2D eigenvalue weighted by molar-refractivity contribution is 0.0600. The molecule has 1 atom stereocenters. The van der Waals surface area contributed by atoms with Crippen molar-refractivity contribution in [3.8, 4) is 0 Å². The molecule has 1 N–H and O–H groups in total. The van der Waals surface area contributed by atoms with E-state index in [0.717, 1.165) is 6.07 Å². The fourth-order valence-corrected chi connectivity index (χ4v) is 2.03. The van der Waals surface area contributed by atoms with Gasteiger partial charge in [-0.3, -0.25) is 0 Å². The van der Waals surface area contributed by atoms with Crippen molar-refractivity contribution >= 4 is 40.3 Å². The molecular weight excluding hydrogens is 263 g/mol. The van der Waals surface area contributed by atoms with Gasteiger partial charge in [-0.15, -0.1) is 0 Å². The van der Waals surface area contributed by atoms with Crippen LogP contribution in [0.2, 0.25) is 10.0 Å². The molecule has 0 fully saturated rings. The van der Waals surface area contributed by atoms with E-state index in [0.29, 0.717) is 0 Å². The minimum Gasteiger partial charge on any atom is -0.465 e. The van der Waals surface area contributed by atoms with E-state index in [9.17, 15) is 9.00 Å². The summed E-state index contributed by atoms with van der Waals surface area (Å²) in [4.78, 5) is 11.1. The Kier molecular flexibility index (Phi) is 4.10. The molecule has 4 nitrogen and oxygen atoms in total. The van der Waals surface area contributed by atoms with Gasteiger partial charge in [-0.25, -0.2) is 9.00 Å². The molecule has 0 saturated carbocycles. The zero-order valence-corrected chi connectivity index (χ0v) is 9.82. The first-order chi connectivity index (χ1) is 6.97. The lowest BCUT2D eigenvalue weighted by Crippen LogP contribution is -2.04. The van der Waals surface area contributed by atoms with E-state index in [1.807, 2.05) is 0 Å². The first kappa shape index (κ1) is 12.4. The van der Waals surface area contributed by atoms with E-state index in [4.69, 9.17) is 27.8 Å². The molecule has 1 aromatic rings. The van der Waals surface area contributed by atoms with Crippen LogP contribution < -0.4 is 0 Å². The summed E-state index contributed by atoms with van der Waals surface area (Å²) in [6.45, 7) is 0. The van der Waals surface area contributed by atoms with Crippen LogP contribution in [-0.2, 0) is 15.8 Å². The second-order valence-electron chi connectivity index (χ2n) is 2.50. The Bertz CT molecular complexity index is 433. The van der Waals surface area contributed by atoms with Crippen molar-refractivity contribution in [1.29, 1.82) is 0 Å². The maximum absolute atomic E-state index is 11.2. The van der Waals surface area contributed by atoms with Crippen LogP contribution in [0, 0.1) is 0 Å². The van der Waals surface area contributed by atoms with Crippen molar-refractivity contribution in [3.63, 3.8) is 0 Å². The fourth-order valence-electron chi connectivity index (χ4n) is 0.929. The number of halogens is 2. The molecule has 0 aliphatic heterocycles. The van der Waals surface area contributed by atoms with E-state index < -0.39 is 17.0 Å². The highest BCUT2D eigenvalue weighted by atomic mass is 35.5. The third-order valence-electron chi connectivity index (χ3n) is 1.62. The Labute approximate surface area is 98.4 Å². The predicted molar refractivity (Wildman–Crippen MR) is 56.8 cm³/mol. The molecule has 0 amide bonds. The topological polar surface area (TPSA) is 63.6 Å². The van der Waals surface area contributed by atoms with Crippen LogP contribution in [0.5, 0.6) is 0 Å². The lowest BCUT2D eigenvalue weighted by Gasteiger charge is -2.05. The fraction of sp³-hybridized carbons (Fsp3) is 0.125. The molecule has 0 heterocycles. The summed E-state index contributed by atoms with van der Waals surface area (Å²) in [6, 6.07) is 2.35. The summed E-state index contributed by atoms with van der Waals surface area (Å²) in [5, 5.41) is 0.0922. The summed E-state index contributed by atoms with van der Waals surface area (Å²) in [6.07, 6.45) is 0. The molecule has 1 aromatic carbocycles. The van der Waals surface area contributed by atoms with Gasteiger partial charge in [0.1, 0.15) is 0 Å². The third kappa shape index (κ3) is 2.69. The molecule has 0 bridgehead atoms. The number of hydrogen-bond donors (Lipinski definition) is 1. The van der Waals surface area contributed by atoms with Crippen LogP contribution in [0.3, 0.4) is 0 Å². The summed E-state index contributed by atoms with van der Waals surface area (Å²) < 4.78 is 24.1. The van der Waals surface area contributed by atoms with Gasteiger partial charge in [-0.05, 0) is 12.1 Å². The number of rotatable bonds is 2. The van der Waals surface area contributed by atoms with Crippen LogP contribution in [0.15, 0.2) is 17.0 Å². The lowest BCUT2D eigenvalue weighted by atomic mass is 10.2. The van der Waals surface area contributed by atoms with Gasteiger partial charge < -0.3 is 9.29 Å². The number of ether oxygens (including phenoxy) is 1. The van der Waals surface area contributed by atoms with E-state index >= 15 is 0 Å². The van der Waals surface area contributed by atoms with Crippen molar-refractivity contribution in [2.45, 2.75) is 4.90 Å². The van der Waals surface area contributed by atoms with E-state index in [1.54, 1.807) is 0 Å². The van der Waals surface area contributed by atoms with Crippen molar-refractivity contribution in [2.24, 2.45) is 0 Å². The molecule has 1 unspecified atom stereocenters. The number of carbonyl (C=O) groups is 1. The normalized spacial score (nSPS) is 12.3. The van der Waals surface area contributed by atoms with Crippen molar-refractivity contribution < 1.29 is 18.3 Å². The van der Waals surface area contributed by atoms with Gasteiger partial charge in [0.05, 0.1) is 27.6 Å². The van der Waals surface area contributed by atoms with Crippen LogP contribution >= 0.6 is 23.2 Å². The van der Waals surface area contributed by atoms with Crippen LogP contribution in [-0.4, -0.2) is 21.8 Å². The van der Waals surface area contributed by atoms with E-state index in [1.165, 1.54) is 13.2 Å². The summed E-state index contributed by atoms with van der Waals surface area (Å²) in [7, 11) is 1.18. The zero-order valence-electron chi connectivity index (χ0n) is 7.49. The predicted octanol–water partition coefficient (Wildman–Crippen LogP) is 2.36. The van der Waals surface area contributed by atoms with Gasteiger partial charge in [0.25, 0.3) is 0 Å². The maximum Gasteiger partial charge on any atom is 0.339 e. The Morgan fingerprint density at radius 1 is 1.40 bits per heavy atom. The second kappa shape index (κ2) is 4.94. The smallest absolute Gasteiger partial charge is 0.339 e. The second-order valence-corrected chi connectivity index (χ2v) is 4.26. The van der Waals surface area contributed by atoms with E-state index in [-0.39, 0.29) is 20.5 Å². The van der Waals surface area contributed by atoms with E-state index in [2.05, 4.69) is 4.74 Å². The highest BCUT2D eigenvalue weighted by Gasteiger charge is 2.16. The summed E-state index contributed by atoms with van der Waals surface area (Å²) >= 11 is 9.09. The number of hydrogen-bond acceptors (Lipinski definition) is 3. The standard InChI is InChI=1S/C8H6Cl2O4S/c1-14-8(11)4-2-7(15(12)13)6(10)3-5(4)9/h2-3H,1H3,(H,12,13). The van der Waals surface area contributed by atoms with Crippen LogP contribution in [0.4, 0.5) is 0 Å². The number of methoxy groups -OCH3 is 1. The van der Waals surface area contributed by atoms with Gasteiger partial charge in [-0.1, -0.05) is 23.2 Å². The quantitative estimate of drug-likeness (QED) is 0.661. The molecule has 0 aliphatic rings. The number of esters is 1. The summed E-state index contributed by atoms with van der Waals surface area (Å²) in [5.74, 6) is -0.691. The minimum absolute atomic E-state index is 0.000895. The average molecular weight is 269 g/mol. The number of benzene rings is 1. The Morgan fingerprint density at radius 2 is 2.00 bits per heavy atom. The van der Waals surface area contributed by atoms with Gasteiger partial charge >= 0.3 is 5.97 Å². The maximum atomic E-state index is 11.2. The van der Waals surface area contributed by atoms with Crippen LogP contribution in [0.1, 0.15) is 10.4 Å². The molecule has 0 spiro atoms. The highest BCUT2D eigenvalue weighted by molar-refractivity contribution is 7.79. The molecule has 0 saturated heterocycles. The average Bonchev–Trinajstić information content (AvgIpc) is 2.16. The van der Waals surface area contributed by atoms with Gasteiger partial charge in [-0.2, -0.15) is 0 Å². The number of carbonyl (C=O) groups excluding carboxylic acids is 1. The molecule has 82 valence electrons. The molecule has 7 heteroatoms. The van der Waals surface area contributed by atoms with Gasteiger partial charge in [0.2, 0.25) is 0 Å². The molecule has 15 heavy (non-hydrogen) atoms. The zero-order chi connectivity index (χ0) is 11.6. The largest absolute Gasteiger partial charge is 0.465 e. The SMILES string of the molecule is COC(=O)c1cc(S(=O)O)c(Cl)cc1Cl.